The standard InChI is InChI=1S/C15H20F3NO2/c1-14(2,3)12(8-13(20)21)19-9-10-5-4-6-11(7-10)15(16,17)18/h4-7,12,19H,8-9H2,1-3H3,(H,20,21). The lowest BCUT2D eigenvalue weighted by atomic mass is 9.84. The van der Waals surface area contributed by atoms with Gasteiger partial charge in [0.15, 0.2) is 0 Å². The molecule has 0 aliphatic heterocycles. The van der Waals surface area contributed by atoms with Crippen molar-refractivity contribution in [1.82, 2.24) is 5.32 Å². The molecule has 0 aliphatic carbocycles. The molecule has 0 aliphatic rings. The lowest BCUT2D eigenvalue weighted by Crippen LogP contribution is -2.41. The van der Waals surface area contributed by atoms with Gasteiger partial charge in [-0.05, 0) is 17.0 Å². The summed E-state index contributed by atoms with van der Waals surface area (Å²) in [6.45, 7) is 5.86. The van der Waals surface area contributed by atoms with E-state index in [2.05, 4.69) is 5.32 Å². The fraction of sp³-hybridized carbons (Fsp3) is 0.533. The molecule has 0 bridgehead atoms. The number of hydrogen-bond donors (Lipinski definition) is 2. The van der Waals surface area contributed by atoms with Crippen molar-refractivity contribution in [3.8, 4) is 0 Å². The van der Waals surface area contributed by atoms with Gasteiger partial charge in [-0.25, -0.2) is 0 Å². The van der Waals surface area contributed by atoms with Crippen molar-refractivity contribution in [3.05, 3.63) is 35.4 Å². The highest BCUT2D eigenvalue weighted by atomic mass is 19.4. The third-order valence-electron chi connectivity index (χ3n) is 3.23. The lowest BCUT2D eigenvalue weighted by Gasteiger charge is -2.30. The Balaban J connectivity index is 2.79. The molecule has 0 saturated heterocycles. The molecule has 0 spiro atoms. The van der Waals surface area contributed by atoms with Crippen molar-refractivity contribution in [2.24, 2.45) is 5.41 Å². The maximum atomic E-state index is 12.6. The largest absolute Gasteiger partial charge is 0.481 e. The van der Waals surface area contributed by atoms with Crippen LogP contribution in [0.4, 0.5) is 13.2 Å². The summed E-state index contributed by atoms with van der Waals surface area (Å²) in [5.41, 5.74) is -0.531. The zero-order chi connectivity index (χ0) is 16.3. The minimum atomic E-state index is -4.37. The topological polar surface area (TPSA) is 49.3 Å². The molecule has 0 aromatic heterocycles. The van der Waals surface area contributed by atoms with E-state index in [0.717, 1.165) is 12.1 Å². The number of rotatable bonds is 5. The second-order valence-electron chi connectivity index (χ2n) is 6.10. The summed E-state index contributed by atoms with van der Waals surface area (Å²) in [6.07, 6.45) is -4.46. The maximum Gasteiger partial charge on any atom is 0.416 e. The Hall–Kier alpha value is -1.56. The van der Waals surface area contributed by atoms with Crippen LogP contribution in [-0.2, 0) is 17.5 Å². The Morgan fingerprint density at radius 2 is 1.90 bits per heavy atom. The Bertz CT molecular complexity index is 492. The number of carboxylic acids is 1. The van der Waals surface area contributed by atoms with E-state index >= 15 is 0 Å². The highest BCUT2D eigenvalue weighted by molar-refractivity contribution is 5.67. The number of alkyl halides is 3. The van der Waals surface area contributed by atoms with Crippen LogP contribution in [0.15, 0.2) is 24.3 Å². The van der Waals surface area contributed by atoms with Crippen LogP contribution in [0.25, 0.3) is 0 Å². The first-order valence-electron chi connectivity index (χ1n) is 6.61. The zero-order valence-electron chi connectivity index (χ0n) is 12.3. The summed E-state index contributed by atoms with van der Waals surface area (Å²) in [4.78, 5) is 10.9. The van der Waals surface area contributed by atoms with Gasteiger partial charge >= 0.3 is 12.1 Å². The summed E-state index contributed by atoms with van der Waals surface area (Å²) in [7, 11) is 0. The predicted octanol–water partition coefficient (Wildman–Crippen LogP) is 3.68. The fourth-order valence-corrected chi connectivity index (χ4v) is 1.96. The number of aliphatic carboxylic acids is 1. The molecule has 0 heterocycles. The van der Waals surface area contributed by atoms with Gasteiger partial charge in [0.05, 0.1) is 12.0 Å². The Morgan fingerprint density at radius 3 is 2.38 bits per heavy atom. The van der Waals surface area contributed by atoms with Crippen LogP contribution in [0.2, 0.25) is 0 Å². The molecule has 0 fully saturated rings. The van der Waals surface area contributed by atoms with Crippen molar-refractivity contribution in [2.75, 3.05) is 0 Å². The van der Waals surface area contributed by atoms with E-state index in [-0.39, 0.29) is 24.4 Å². The molecule has 21 heavy (non-hydrogen) atoms. The summed E-state index contributed by atoms with van der Waals surface area (Å²) < 4.78 is 37.9. The minimum Gasteiger partial charge on any atom is -0.481 e. The lowest BCUT2D eigenvalue weighted by molar-refractivity contribution is -0.138. The molecule has 1 atom stereocenters. The van der Waals surface area contributed by atoms with E-state index in [1.807, 2.05) is 20.8 Å². The summed E-state index contributed by atoms with van der Waals surface area (Å²) in [5.74, 6) is -0.938. The minimum absolute atomic E-state index is 0.0809. The molecule has 0 saturated carbocycles. The van der Waals surface area contributed by atoms with E-state index in [4.69, 9.17) is 5.11 Å². The van der Waals surface area contributed by atoms with E-state index < -0.39 is 17.7 Å². The maximum absolute atomic E-state index is 12.6. The van der Waals surface area contributed by atoms with Gasteiger partial charge in [-0.3, -0.25) is 4.79 Å². The van der Waals surface area contributed by atoms with Gasteiger partial charge in [-0.1, -0.05) is 39.0 Å². The van der Waals surface area contributed by atoms with Gasteiger partial charge in [-0.2, -0.15) is 13.2 Å². The number of nitrogens with one attached hydrogen (secondary N) is 1. The molecular weight excluding hydrogens is 283 g/mol. The van der Waals surface area contributed by atoms with Crippen molar-refractivity contribution in [3.63, 3.8) is 0 Å². The van der Waals surface area contributed by atoms with Crippen LogP contribution < -0.4 is 5.32 Å². The second-order valence-corrected chi connectivity index (χ2v) is 6.10. The van der Waals surface area contributed by atoms with E-state index in [1.165, 1.54) is 6.07 Å². The molecule has 3 nitrogen and oxygen atoms in total. The van der Waals surface area contributed by atoms with Crippen LogP contribution in [0.1, 0.15) is 38.3 Å². The van der Waals surface area contributed by atoms with Crippen molar-refractivity contribution in [2.45, 2.75) is 46.0 Å². The third-order valence-corrected chi connectivity index (χ3v) is 3.23. The molecule has 0 radical (unpaired) electrons. The van der Waals surface area contributed by atoms with Crippen LogP contribution in [0.3, 0.4) is 0 Å². The number of carbonyl (C=O) groups is 1. The normalized spacial score (nSPS) is 14.0. The van der Waals surface area contributed by atoms with Gasteiger partial charge in [0.1, 0.15) is 0 Å². The first-order valence-corrected chi connectivity index (χ1v) is 6.61. The van der Waals surface area contributed by atoms with Crippen LogP contribution >= 0.6 is 0 Å². The molecule has 1 unspecified atom stereocenters. The molecule has 1 aromatic carbocycles. The monoisotopic (exact) mass is 303 g/mol. The number of halogens is 3. The summed E-state index contributed by atoms with van der Waals surface area (Å²) in [6, 6.07) is 4.70. The van der Waals surface area contributed by atoms with Crippen LogP contribution in [0.5, 0.6) is 0 Å². The fourth-order valence-electron chi connectivity index (χ4n) is 1.96. The molecule has 1 aromatic rings. The van der Waals surface area contributed by atoms with Gasteiger partial charge < -0.3 is 10.4 Å². The SMILES string of the molecule is CC(C)(C)C(CC(=O)O)NCc1cccc(C(F)(F)F)c1. The number of benzene rings is 1. The molecular formula is C15H20F3NO2. The molecule has 2 N–H and O–H groups in total. The first-order chi connectivity index (χ1) is 9.50. The highest BCUT2D eigenvalue weighted by Crippen LogP contribution is 2.29. The van der Waals surface area contributed by atoms with Gasteiger partial charge in [-0.15, -0.1) is 0 Å². The average Bonchev–Trinajstić information content (AvgIpc) is 2.32. The summed E-state index contributed by atoms with van der Waals surface area (Å²) in [5, 5.41) is 11.9. The van der Waals surface area contributed by atoms with E-state index in [1.54, 1.807) is 6.07 Å². The second kappa shape index (κ2) is 6.47. The van der Waals surface area contributed by atoms with Crippen LogP contribution in [0, 0.1) is 5.41 Å². The average molecular weight is 303 g/mol. The zero-order valence-corrected chi connectivity index (χ0v) is 12.3. The molecule has 118 valence electrons. The van der Waals surface area contributed by atoms with Crippen molar-refractivity contribution < 1.29 is 23.1 Å². The Kier molecular flexibility index (Phi) is 5.39. The first kappa shape index (κ1) is 17.5. The quantitative estimate of drug-likeness (QED) is 0.872. The van der Waals surface area contributed by atoms with Gasteiger partial charge in [0, 0.05) is 12.6 Å². The predicted molar refractivity (Wildman–Crippen MR) is 73.8 cm³/mol. The Morgan fingerprint density at radius 1 is 1.29 bits per heavy atom. The number of carboxylic acid groups (broad SMARTS) is 1. The van der Waals surface area contributed by atoms with Crippen molar-refractivity contribution in [1.29, 1.82) is 0 Å². The van der Waals surface area contributed by atoms with Crippen molar-refractivity contribution >= 4 is 5.97 Å². The molecule has 1 rings (SSSR count). The summed E-state index contributed by atoms with van der Waals surface area (Å²) >= 11 is 0. The van der Waals surface area contributed by atoms with Crippen LogP contribution in [-0.4, -0.2) is 17.1 Å². The van der Waals surface area contributed by atoms with E-state index in [9.17, 15) is 18.0 Å². The van der Waals surface area contributed by atoms with Gasteiger partial charge in [0.25, 0.3) is 0 Å². The van der Waals surface area contributed by atoms with Gasteiger partial charge in [0.2, 0.25) is 0 Å². The Labute approximate surface area is 122 Å². The highest BCUT2D eigenvalue weighted by Gasteiger charge is 2.30. The molecule has 0 amide bonds. The third kappa shape index (κ3) is 5.75. The molecule has 6 heteroatoms. The van der Waals surface area contributed by atoms with E-state index in [0.29, 0.717) is 5.56 Å². The number of hydrogen-bond acceptors (Lipinski definition) is 2. The smallest absolute Gasteiger partial charge is 0.416 e.